The lowest BCUT2D eigenvalue weighted by Crippen LogP contribution is -2.42. The summed E-state index contributed by atoms with van der Waals surface area (Å²) >= 11 is 0. The third kappa shape index (κ3) is 4.37. The zero-order chi connectivity index (χ0) is 17.6. The van der Waals surface area contributed by atoms with Gasteiger partial charge in [0.25, 0.3) is 5.91 Å². The number of piperidine rings is 1. The first-order valence-corrected chi connectivity index (χ1v) is 8.57. The maximum atomic E-state index is 12.6. The maximum Gasteiger partial charge on any atom is 0.319 e. The van der Waals surface area contributed by atoms with Crippen LogP contribution in [0.25, 0.3) is 0 Å². The molecule has 0 radical (unpaired) electrons. The van der Waals surface area contributed by atoms with E-state index in [0.717, 1.165) is 19.4 Å². The molecular formula is C18H23N5O2. The Labute approximate surface area is 146 Å². The fraction of sp³-hybridized carbons (Fsp3) is 0.389. The molecule has 1 fully saturated rings. The predicted octanol–water partition coefficient (Wildman–Crippen LogP) is 2.75. The average molecular weight is 341 g/mol. The molecule has 0 aliphatic carbocycles. The highest BCUT2D eigenvalue weighted by Crippen LogP contribution is 2.20. The number of benzene rings is 1. The Morgan fingerprint density at radius 3 is 2.76 bits per heavy atom. The number of H-pyrrole nitrogens is 1. The molecule has 2 heterocycles. The second-order valence-corrected chi connectivity index (χ2v) is 6.26. The Morgan fingerprint density at radius 1 is 1.28 bits per heavy atom. The van der Waals surface area contributed by atoms with Gasteiger partial charge in [0, 0.05) is 36.2 Å². The first kappa shape index (κ1) is 17.0. The molecule has 0 spiro atoms. The molecule has 7 nitrogen and oxygen atoms in total. The van der Waals surface area contributed by atoms with Crippen LogP contribution in [0.15, 0.2) is 36.7 Å². The van der Waals surface area contributed by atoms with Crippen molar-refractivity contribution in [1.29, 1.82) is 0 Å². The van der Waals surface area contributed by atoms with E-state index in [1.807, 2.05) is 4.90 Å². The van der Waals surface area contributed by atoms with Crippen LogP contribution in [-0.2, 0) is 6.54 Å². The van der Waals surface area contributed by atoms with E-state index in [1.54, 1.807) is 36.7 Å². The number of likely N-dealkylation sites (tertiary alicyclic amines) is 1. The van der Waals surface area contributed by atoms with Crippen LogP contribution in [0.4, 0.5) is 10.5 Å². The molecule has 1 saturated heterocycles. The number of anilines is 1. The van der Waals surface area contributed by atoms with Crippen LogP contribution in [0.2, 0.25) is 0 Å². The Morgan fingerprint density at radius 2 is 2.08 bits per heavy atom. The molecule has 3 rings (SSSR count). The minimum Gasteiger partial charge on any atom is -0.347 e. The van der Waals surface area contributed by atoms with Crippen molar-refractivity contribution < 1.29 is 9.59 Å². The standard InChI is InChI=1S/C18H23N5O2/c1-13-4-2-3-11-23(13)17(24)14-5-7-15(8-6-14)22-18(25)21-12-16-19-9-10-20-16/h5-10,13H,2-4,11-12H2,1H3,(H,19,20)(H2,21,22,25)/t13-/m1/s1. The third-order valence-electron chi connectivity index (χ3n) is 4.42. The molecule has 1 aromatic heterocycles. The highest BCUT2D eigenvalue weighted by atomic mass is 16.2. The second-order valence-electron chi connectivity index (χ2n) is 6.26. The number of rotatable bonds is 4. The molecule has 7 heteroatoms. The van der Waals surface area contributed by atoms with Crippen LogP contribution in [-0.4, -0.2) is 39.4 Å². The minimum absolute atomic E-state index is 0.0565. The number of hydrogen-bond acceptors (Lipinski definition) is 3. The highest BCUT2D eigenvalue weighted by molar-refractivity contribution is 5.95. The van der Waals surface area contributed by atoms with E-state index in [0.29, 0.717) is 23.6 Å². The molecule has 0 unspecified atom stereocenters. The zero-order valence-corrected chi connectivity index (χ0v) is 14.3. The van der Waals surface area contributed by atoms with Crippen LogP contribution < -0.4 is 10.6 Å². The van der Waals surface area contributed by atoms with Gasteiger partial charge >= 0.3 is 6.03 Å². The van der Waals surface area contributed by atoms with E-state index in [9.17, 15) is 9.59 Å². The topological polar surface area (TPSA) is 90.1 Å². The molecule has 3 amide bonds. The number of carbonyl (C=O) groups is 2. The van der Waals surface area contributed by atoms with Crippen molar-refractivity contribution in [3.05, 3.63) is 48.0 Å². The molecule has 2 aromatic rings. The summed E-state index contributed by atoms with van der Waals surface area (Å²) in [5.41, 5.74) is 1.29. The fourth-order valence-corrected chi connectivity index (χ4v) is 3.00. The van der Waals surface area contributed by atoms with Crippen molar-refractivity contribution in [3.63, 3.8) is 0 Å². The lowest BCUT2D eigenvalue weighted by Gasteiger charge is -2.33. The Bertz CT molecular complexity index is 712. The largest absolute Gasteiger partial charge is 0.347 e. The predicted molar refractivity (Wildman–Crippen MR) is 95.2 cm³/mol. The summed E-state index contributed by atoms with van der Waals surface area (Å²) in [4.78, 5) is 33.4. The van der Waals surface area contributed by atoms with E-state index in [2.05, 4.69) is 27.5 Å². The summed E-state index contributed by atoms with van der Waals surface area (Å²) in [6, 6.07) is 6.96. The van der Waals surface area contributed by atoms with Crippen LogP contribution in [0.5, 0.6) is 0 Å². The number of aromatic amines is 1. The first-order chi connectivity index (χ1) is 12.1. The number of imidazole rings is 1. The fourth-order valence-electron chi connectivity index (χ4n) is 3.00. The van der Waals surface area contributed by atoms with Gasteiger partial charge in [0.2, 0.25) is 0 Å². The van der Waals surface area contributed by atoms with Gasteiger partial charge in [0.05, 0.1) is 6.54 Å². The van der Waals surface area contributed by atoms with Gasteiger partial charge in [-0.25, -0.2) is 9.78 Å². The zero-order valence-electron chi connectivity index (χ0n) is 14.3. The summed E-state index contributed by atoms with van der Waals surface area (Å²) in [6.07, 6.45) is 6.63. The van der Waals surface area contributed by atoms with E-state index in [4.69, 9.17) is 0 Å². The Hall–Kier alpha value is -2.83. The number of urea groups is 1. The molecule has 0 bridgehead atoms. The molecular weight excluding hydrogens is 318 g/mol. The second kappa shape index (κ2) is 7.83. The van der Waals surface area contributed by atoms with Crippen molar-refractivity contribution >= 4 is 17.6 Å². The van der Waals surface area contributed by atoms with Crippen molar-refractivity contribution in [1.82, 2.24) is 20.2 Å². The summed E-state index contributed by atoms with van der Waals surface area (Å²) in [7, 11) is 0. The summed E-state index contributed by atoms with van der Waals surface area (Å²) < 4.78 is 0. The first-order valence-electron chi connectivity index (χ1n) is 8.57. The monoisotopic (exact) mass is 341 g/mol. The van der Waals surface area contributed by atoms with Crippen LogP contribution in [0, 0.1) is 0 Å². The molecule has 3 N–H and O–H groups in total. The van der Waals surface area contributed by atoms with Gasteiger partial charge < -0.3 is 20.5 Å². The number of carbonyl (C=O) groups excluding carboxylic acids is 2. The van der Waals surface area contributed by atoms with E-state index < -0.39 is 0 Å². The maximum absolute atomic E-state index is 12.6. The minimum atomic E-state index is -0.319. The van der Waals surface area contributed by atoms with Gasteiger partial charge in [-0.3, -0.25) is 4.79 Å². The summed E-state index contributed by atoms with van der Waals surface area (Å²) in [6.45, 7) is 3.23. The number of aromatic nitrogens is 2. The molecule has 1 aliphatic rings. The molecule has 25 heavy (non-hydrogen) atoms. The van der Waals surface area contributed by atoms with Gasteiger partial charge in [-0.2, -0.15) is 0 Å². The quantitative estimate of drug-likeness (QED) is 0.799. The SMILES string of the molecule is C[C@@H]1CCCCN1C(=O)c1ccc(NC(=O)NCc2ncc[nH]2)cc1. The Kier molecular flexibility index (Phi) is 5.33. The van der Waals surface area contributed by atoms with Crippen molar-refractivity contribution in [3.8, 4) is 0 Å². The van der Waals surface area contributed by atoms with E-state index in [1.165, 1.54) is 6.42 Å². The lowest BCUT2D eigenvalue weighted by molar-refractivity contribution is 0.0635. The smallest absolute Gasteiger partial charge is 0.319 e. The van der Waals surface area contributed by atoms with Crippen molar-refractivity contribution in [2.75, 3.05) is 11.9 Å². The highest BCUT2D eigenvalue weighted by Gasteiger charge is 2.24. The lowest BCUT2D eigenvalue weighted by atomic mass is 10.0. The number of nitrogens with one attached hydrogen (secondary N) is 3. The van der Waals surface area contributed by atoms with Crippen molar-refractivity contribution in [2.24, 2.45) is 0 Å². The van der Waals surface area contributed by atoms with Crippen LogP contribution in [0.3, 0.4) is 0 Å². The molecule has 1 aromatic carbocycles. The molecule has 1 atom stereocenters. The van der Waals surface area contributed by atoms with Gasteiger partial charge in [-0.15, -0.1) is 0 Å². The van der Waals surface area contributed by atoms with Gasteiger partial charge in [0.15, 0.2) is 0 Å². The summed E-state index contributed by atoms with van der Waals surface area (Å²) in [5, 5.41) is 5.45. The molecule has 1 aliphatic heterocycles. The molecule has 132 valence electrons. The summed E-state index contributed by atoms with van der Waals surface area (Å²) in [5.74, 6) is 0.743. The van der Waals surface area contributed by atoms with E-state index in [-0.39, 0.29) is 18.0 Å². The average Bonchev–Trinajstić information content (AvgIpc) is 3.14. The normalized spacial score (nSPS) is 17.2. The number of amides is 3. The Balaban J connectivity index is 1.54. The third-order valence-corrected chi connectivity index (χ3v) is 4.42. The van der Waals surface area contributed by atoms with Gasteiger partial charge in [-0.05, 0) is 50.5 Å². The van der Waals surface area contributed by atoms with Gasteiger partial charge in [-0.1, -0.05) is 0 Å². The van der Waals surface area contributed by atoms with Crippen LogP contribution in [0.1, 0.15) is 42.4 Å². The number of nitrogens with zero attached hydrogens (tertiary/aromatic N) is 2. The van der Waals surface area contributed by atoms with Crippen LogP contribution >= 0.6 is 0 Å². The molecule has 0 saturated carbocycles. The van der Waals surface area contributed by atoms with E-state index >= 15 is 0 Å². The van der Waals surface area contributed by atoms with Crippen molar-refractivity contribution in [2.45, 2.75) is 38.8 Å². The van der Waals surface area contributed by atoms with Gasteiger partial charge in [0.1, 0.15) is 5.82 Å². The number of hydrogen-bond donors (Lipinski definition) is 3.